The van der Waals surface area contributed by atoms with E-state index in [1.54, 1.807) is 42.6 Å². The maximum atomic E-state index is 12.9. The van der Waals surface area contributed by atoms with Crippen molar-refractivity contribution in [1.82, 2.24) is 10.3 Å². The number of hydrogen-bond donors (Lipinski definition) is 2. The third-order valence-electron chi connectivity index (χ3n) is 5.43. The molecule has 0 aliphatic heterocycles. The lowest BCUT2D eigenvalue weighted by Crippen LogP contribution is -2.29. The van der Waals surface area contributed by atoms with Crippen molar-refractivity contribution >= 4 is 16.7 Å². The Morgan fingerprint density at radius 1 is 0.970 bits per heavy atom. The van der Waals surface area contributed by atoms with Gasteiger partial charge in [0.1, 0.15) is 0 Å². The normalized spacial score (nSPS) is 12.5. The highest BCUT2D eigenvalue weighted by Gasteiger charge is 2.30. The van der Waals surface area contributed by atoms with Gasteiger partial charge in [0.05, 0.1) is 17.3 Å². The van der Waals surface area contributed by atoms with E-state index in [4.69, 9.17) is 0 Å². The molecule has 0 saturated heterocycles. The zero-order chi connectivity index (χ0) is 23.4. The summed E-state index contributed by atoms with van der Waals surface area (Å²) >= 11 is 0. The van der Waals surface area contributed by atoms with E-state index in [0.717, 1.165) is 28.5 Å². The van der Waals surface area contributed by atoms with Crippen molar-refractivity contribution in [2.75, 3.05) is 6.61 Å². The van der Waals surface area contributed by atoms with E-state index in [1.165, 1.54) is 12.1 Å². The predicted octanol–water partition coefficient (Wildman–Crippen LogP) is 5.77. The molecule has 4 aromatic rings. The largest absolute Gasteiger partial charge is 0.416 e. The van der Waals surface area contributed by atoms with Crippen LogP contribution < -0.4 is 5.32 Å². The number of amides is 1. The lowest BCUT2D eigenvalue weighted by Gasteiger charge is -2.17. The van der Waals surface area contributed by atoms with Gasteiger partial charge in [-0.2, -0.15) is 13.2 Å². The molecule has 168 valence electrons. The molecule has 1 atom stereocenters. The quantitative estimate of drug-likeness (QED) is 0.392. The summed E-state index contributed by atoms with van der Waals surface area (Å²) in [6.45, 7) is -0.101. The van der Waals surface area contributed by atoms with Crippen LogP contribution in [0.2, 0.25) is 0 Å². The third-order valence-corrected chi connectivity index (χ3v) is 5.43. The lowest BCUT2D eigenvalue weighted by molar-refractivity contribution is -0.137. The van der Waals surface area contributed by atoms with Crippen LogP contribution in [0.5, 0.6) is 0 Å². The van der Waals surface area contributed by atoms with E-state index in [2.05, 4.69) is 10.3 Å². The molecule has 0 fully saturated rings. The topological polar surface area (TPSA) is 62.2 Å². The molecule has 1 amide bonds. The molecular formula is C26H21F3N2O2. The van der Waals surface area contributed by atoms with Gasteiger partial charge in [-0.25, -0.2) is 0 Å². The van der Waals surface area contributed by atoms with Gasteiger partial charge in [0, 0.05) is 18.4 Å². The van der Waals surface area contributed by atoms with E-state index in [9.17, 15) is 23.1 Å². The number of benzene rings is 3. The summed E-state index contributed by atoms with van der Waals surface area (Å²) in [5.74, 6) is -0.305. The molecule has 4 rings (SSSR count). The maximum absolute atomic E-state index is 12.9. The Balaban J connectivity index is 1.62. The SMILES string of the molecule is O=C(N[C@H](CCO)c1ccccn1)c1ccc2c(-c3ccc(C(F)(F)F)cc3)cccc2c1. The van der Waals surface area contributed by atoms with Crippen LogP contribution in [0.4, 0.5) is 13.2 Å². The van der Waals surface area contributed by atoms with Gasteiger partial charge in [0.25, 0.3) is 5.91 Å². The molecule has 7 heteroatoms. The number of rotatable bonds is 6. The summed E-state index contributed by atoms with van der Waals surface area (Å²) in [7, 11) is 0. The molecular weight excluding hydrogens is 429 g/mol. The van der Waals surface area contributed by atoms with Crippen molar-refractivity contribution in [2.45, 2.75) is 18.6 Å². The second-order valence-electron chi connectivity index (χ2n) is 7.61. The zero-order valence-electron chi connectivity index (χ0n) is 17.5. The Morgan fingerprint density at radius 2 is 1.76 bits per heavy atom. The Kier molecular flexibility index (Phi) is 6.42. The van der Waals surface area contributed by atoms with E-state index in [-0.39, 0.29) is 12.5 Å². The molecule has 1 heterocycles. The second kappa shape index (κ2) is 9.42. The van der Waals surface area contributed by atoms with Gasteiger partial charge < -0.3 is 10.4 Å². The highest BCUT2D eigenvalue weighted by Crippen LogP contribution is 2.33. The monoisotopic (exact) mass is 450 g/mol. The number of aromatic nitrogens is 1. The summed E-state index contributed by atoms with van der Waals surface area (Å²) < 4.78 is 38.7. The standard InChI is InChI=1S/C26H21F3N2O2/c27-26(28,29)20-10-7-17(8-11-20)21-5-3-4-18-16-19(9-12-22(18)21)25(33)31-24(13-15-32)23-6-1-2-14-30-23/h1-12,14,16,24,32H,13,15H2,(H,31,33)/t24-/m1/s1. The number of alkyl halides is 3. The number of pyridine rings is 1. The fourth-order valence-electron chi connectivity index (χ4n) is 3.76. The molecule has 3 aromatic carbocycles. The summed E-state index contributed by atoms with van der Waals surface area (Å²) in [5, 5.41) is 13.9. The minimum absolute atomic E-state index is 0.101. The molecule has 0 aliphatic rings. The number of hydrogen-bond acceptors (Lipinski definition) is 3. The highest BCUT2D eigenvalue weighted by molar-refractivity contribution is 6.02. The fourth-order valence-corrected chi connectivity index (χ4v) is 3.76. The van der Waals surface area contributed by atoms with Crippen LogP contribution in [-0.2, 0) is 6.18 Å². The number of halogens is 3. The smallest absolute Gasteiger partial charge is 0.396 e. The van der Waals surface area contributed by atoms with Crippen LogP contribution in [0.25, 0.3) is 21.9 Å². The first-order chi connectivity index (χ1) is 15.9. The minimum Gasteiger partial charge on any atom is -0.396 e. The van der Waals surface area contributed by atoms with Crippen molar-refractivity contribution in [1.29, 1.82) is 0 Å². The van der Waals surface area contributed by atoms with Gasteiger partial charge >= 0.3 is 6.18 Å². The van der Waals surface area contributed by atoms with Crippen molar-refractivity contribution in [2.24, 2.45) is 0 Å². The van der Waals surface area contributed by atoms with Gasteiger partial charge in [0.15, 0.2) is 0 Å². The molecule has 2 N–H and O–H groups in total. The number of nitrogens with zero attached hydrogens (tertiary/aromatic N) is 1. The van der Waals surface area contributed by atoms with Crippen LogP contribution in [0, 0.1) is 0 Å². The average Bonchev–Trinajstić information content (AvgIpc) is 2.83. The lowest BCUT2D eigenvalue weighted by atomic mass is 9.96. The number of fused-ring (bicyclic) bond motifs is 1. The average molecular weight is 450 g/mol. The maximum Gasteiger partial charge on any atom is 0.416 e. The van der Waals surface area contributed by atoms with E-state index >= 15 is 0 Å². The van der Waals surface area contributed by atoms with Crippen molar-refractivity contribution < 1.29 is 23.1 Å². The van der Waals surface area contributed by atoms with Crippen LogP contribution in [0.1, 0.15) is 34.1 Å². The number of aliphatic hydroxyl groups is 1. The van der Waals surface area contributed by atoms with E-state index in [1.807, 2.05) is 18.2 Å². The van der Waals surface area contributed by atoms with E-state index in [0.29, 0.717) is 23.2 Å². The van der Waals surface area contributed by atoms with Gasteiger partial charge in [0.2, 0.25) is 0 Å². The van der Waals surface area contributed by atoms with Crippen molar-refractivity contribution in [3.8, 4) is 11.1 Å². The summed E-state index contributed by atoms with van der Waals surface area (Å²) in [5.41, 5.74) is 1.83. The van der Waals surface area contributed by atoms with Gasteiger partial charge in [-0.3, -0.25) is 9.78 Å². The number of nitrogens with one attached hydrogen (secondary N) is 1. The van der Waals surface area contributed by atoms with Gasteiger partial charge in [-0.05, 0) is 64.7 Å². The summed E-state index contributed by atoms with van der Waals surface area (Å²) in [4.78, 5) is 17.2. The Morgan fingerprint density at radius 3 is 2.42 bits per heavy atom. The summed E-state index contributed by atoms with van der Waals surface area (Å²) in [6, 6.07) is 20.7. The Bertz CT molecular complexity index is 1260. The van der Waals surface area contributed by atoms with Crippen molar-refractivity contribution in [3.05, 3.63) is 102 Å². The molecule has 0 aliphatic carbocycles. The first-order valence-corrected chi connectivity index (χ1v) is 10.4. The van der Waals surface area contributed by atoms with Crippen LogP contribution >= 0.6 is 0 Å². The predicted molar refractivity (Wildman–Crippen MR) is 121 cm³/mol. The Hall–Kier alpha value is -3.71. The second-order valence-corrected chi connectivity index (χ2v) is 7.61. The van der Waals surface area contributed by atoms with E-state index < -0.39 is 17.8 Å². The molecule has 0 spiro atoms. The molecule has 4 nitrogen and oxygen atoms in total. The highest BCUT2D eigenvalue weighted by atomic mass is 19.4. The van der Waals surface area contributed by atoms with Gasteiger partial charge in [-0.15, -0.1) is 0 Å². The first-order valence-electron chi connectivity index (χ1n) is 10.4. The molecule has 33 heavy (non-hydrogen) atoms. The van der Waals surface area contributed by atoms with Crippen LogP contribution in [-0.4, -0.2) is 22.6 Å². The number of carbonyl (C=O) groups is 1. The molecule has 0 unspecified atom stereocenters. The Labute approximate surface area is 188 Å². The van der Waals surface area contributed by atoms with Crippen LogP contribution in [0.3, 0.4) is 0 Å². The number of carbonyl (C=O) groups excluding carboxylic acids is 1. The fraction of sp³-hybridized carbons (Fsp3) is 0.154. The molecule has 0 radical (unpaired) electrons. The zero-order valence-corrected chi connectivity index (χ0v) is 17.5. The van der Waals surface area contributed by atoms with Crippen molar-refractivity contribution in [3.63, 3.8) is 0 Å². The number of aliphatic hydroxyl groups excluding tert-OH is 1. The first kappa shape index (κ1) is 22.5. The molecule has 1 aromatic heterocycles. The molecule has 0 bridgehead atoms. The summed E-state index contributed by atoms with van der Waals surface area (Å²) in [6.07, 6.45) is -2.43. The van der Waals surface area contributed by atoms with Crippen LogP contribution in [0.15, 0.2) is 85.1 Å². The minimum atomic E-state index is -4.39. The third kappa shape index (κ3) is 5.04. The molecule has 0 saturated carbocycles. The van der Waals surface area contributed by atoms with Gasteiger partial charge in [-0.1, -0.05) is 42.5 Å².